The molecule has 0 saturated heterocycles. The average Bonchev–Trinajstić information content (AvgIpc) is 2.25. The fourth-order valence-corrected chi connectivity index (χ4v) is 2.58. The van der Waals surface area contributed by atoms with Gasteiger partial charge < -0.3 is 9.84 Å². The van der Waals surface area contributed by atoms with Crippen LogP contribution in [0.15, 0.2) is 0 Å². The Kier molecular flexibility index (Phi) is 5.44. The van der Waals surface area contributed by atoms with E-state index in [9.17, 15) is 18.0 Å². The maximum absolute atomic E-state index is 12.5. The van der Waals surface area contributed by atoms with Gasteiger partial charge in [0, 0.05) is 13.5 Å². The first-order chi connectivity index (χ1) is 8.32. The summed E-state index contributed by atoms with van der Waals surface area (Å²) in [6.07, 6.45) is -3.18. The SMILES string of the molecule is COC(CC1CCC(CC(=O)O)CC1)C(F)(F)F. The maximum Gasteiger partial charge on any atom is 0.414 e. The number of ether oxygens (including phenoxy) is 1. The van der Waals surface area contributed by atoms with Gasteiger partial charge in [-0.3, -0.25) is 4.79 Å². The molecule has 1 N–H and O–H groups in total. The Morgan fingerprint density at radius 3 is 2.17 bits per heavy atom. The fraction of sp³-hybridized carbons (Fsp3) is 0.917. The van der Waals surface area contributed by atoms with Gasteiger partial charge in [0.1, 0.15) is 0 Å². The van der Waals surface area contributed by atoms with E-state index >= 15 is 0 Å². The third-order valence-electron chi connectivity index (χ3n) is 3.63. The smallest absolute Gasteiger partial charge is 0.414 e. The lowest BCUT2D eigenvalue weighted by Gasteiger charge is -2.30. The molecule has 0 aliphatic heterocycles. The summed E-state index contributed by atoms with van der Waals surface area (Å²) in [5.74, 6) is -0.726. The van der Waals surface area contributed by atoms with Crippen molar-refractivity contribution in [3.63, 3.8) is 0 Å². The first-order valence-corrected chi connectivity index (χ1v) is 6.14. The molecule has 0 radical (unpaired) electrons. The summed E-state index contributed by atoms with van der Waals surface area (Å²) >= 11 is 0. The lowest BCUT2D eigenvalue weighted by molar-refractivity contribution is -0.218. The number of methoxy groups -OCH3 is 1. The Morgan fingerprint density at radius 2 is 1.78 bits per heavy atom. The predicted molar refractivity (Wildman–Crippen MR) is 59.2 cm³/mol. The van der Waals surface area contributed by atoms with Crippen LogP contribution in [0.1, 0.15) is 38.5 Å². The molecule has 106 valence electrons. The van der Waals surface area contributed by atoms with Crippen molar-refractivity contribution in [3.8, 4) is 0 Å². The molecule has 0 spiro atoms. The molecule has 0 amide bonds. The molecule has 1 aliphatic rings. The Hall–Kier alpha value is -0.780. The van der Waals surface area contributed by atoms with E-state index in [1.165, 1.54) is 0 Å². The van der Waals surface area contributed by atoms with E-state index in [1.807, 2.05) is 0 Å². The van der Waals surface area contributed by atoms with Crippen LogP contribution in [-0.2, 0) is 9.53 Å². The second-order valence-corrected chi connectivity index (χ2v) is 4.99. The zero-order valence-electron chi connectivity index (χ0n) is 10.4. The minimum Gasteiger partial charge on any atom is -0.481 e. The average molecular weight is 268 g/mol. The van der Waals surface area contributed by atoms with E-state index in [0.717, 1.165) is 7.11 Å². The second-order valence-electron chi connectivity index (χ2n) is 4.99. The second kappa shape index (κ2) is 6.41. The number of carboxylic acid groups (broad SMARTS) is 1. The zero-order chi connectivity index (χ0) is 13.8. The molecule has 1 aliphatic carbocycles. The highest BCUT2D eigenvalue weighted by atomic mass is 19.4. The number of rotatable bonds is 5. The molecule has 18 heavy (non-hydrogen) atoms. The first kappa shape index (κ1) is 15.3. The van der Waals surface area contributed by atoms with Gasteiger partial charge in [0.25, 0.3) is 0 Å². The molecule has 6 heteroatoms. The molecule has 1 saturated carbocycles. The normalized spacial score (nSPS) is 26.9. The van der Waals surface area contributed by atoms with Crippen molar-refractivity contribution in [2.75, 3.05) is 7.11 Å². The van der Waals surface area contributed by atoms with Gasteiger partial charge in [-0.05, 0) is 31.1 Å². The monoisotopic (exact) mass is 268 g/mol. The van der Waals surface area contributed by atoms with Crippen LogP contribution in [0.2, 0.25) is 0 Å². The van der Waals surface area contributed by atoms with Gasteiger partial charge in [0.05, 0.1) is 0 Å². The third-order valence-corrected chi connectivity index (χ3v) is 3.63. The molecule has 0 bridgehead atoms. The van der Waals surface area contributed by atoms with Crippen molar-refractivity contribution in [1.29, 1.82) is 0 Å². The largest absolute Gasteiger partial charge is 0.481 e. The van der Waals surface area contributed by atoms with Gasteiger partial charge in [0.2, 0.25) is 0 Å². The van der Waals surface area contributed by atoms with Crippen molar-refractivity contribution in [2.24, 2.45) is 11.8 Å². The summed E-state index contributed by atoms with van der Waals surface area (Å²) in [5.41, 5.74) is 0. The molecule has 1 fully saturated rings. The Morgan fingerprint density at radius 1 is 1.28 bits per heavy atom. The Labute approximate surface area is 104 Å². The van der Waals surface area contributed by atoms with E-state index in [-0.39, 0.29) is 24.7 Å². The summed E-state index contributed by atoms with van der Waals surface area (Å²) in [5, 5.41) is 8.65. The van der Waals surface area contributed by atoms with Crippen molar-refractivity contribution in [2.45, 2.75) is 50.8 Å². The van der Waals surface area contributed by atoms with Gasteiger partial charge in [-0.2, -0.15) is 13.2 Å². The van der Waals surface area contributed by atoms with Crippen molar-refractivity contribution in [3.05, 3.63) is 0 Å². The molecular weight excluding hydrogens is 249 g/mol. The summed E-state index contributed by atoms with van der Waals surface area (Å²) in [7, 11) is 1.08. The van der Waals surface area contributed by atoms with E-state index in [2.05, 4.69) is 4.74 Å². The number of aliphatic carboxylic acids is 1. The summed E-state index contributed by atoms with van der Waals surface area (Å²) < 4.78 is 42.1. The number of halogens is 3. The number of hydrogen-bond donors (Lipinski definition) is 1. The van der Waals surface area contributed by atoms with Gasteiger partial charge in [-0.15, -0.1) is 0 Å². The zero-order valence-corrected chi connectivity index (χ0v) is 10.4. The standard InChI is InChI=1S/C12H19F3O3/c1-18-10(12(13,14)15)6-8-2-4-9(5-3-8)7-11(16)17/h8-10H,2-7H2,1H3,(H,16,17). The van der Waals surface area contributed by atoms with Crippen LogP contribution in [0, 0.1) is 11.8 Å². The highest BCUT2D eigenvalue weighted by Gasteiger charge is 2.41. The van der Waals surface area contributed by atoms with Crippen LogP contribution >= 0.6 is 0 Å². The van der Waals surface area contributed by atoms with Crippen molar-refractivity contribution in [1.82, 2.24) is 0 Å². The maximum atomic E-state index is 12.5. The Balaban J connectivity index is 2.37. The number of alkyl halides is 3. The summed E-state index contributed by atoms with van der Waals surface area (Å²) in [6.45, 7) is 0. The molecule has 1 atom stereocenters. The van der Waals surface area contributed by atoms with E-state index in [0.29, 0.717) is 25.7 Å². The summed E-state index contributed by atoms with van der Waals surface area (Å²) in [6, 6.07) is 0. The van der Waals surface area contributed by atoms with E-state index < -0.39 is 18.2 Å². The summed E-state index contributed by atoms with van der Waals surface area (Å²) in [4.78, 5) is 10.5. The van der Waals surface area contributed by atoms with Crippen LogP contribution in [-0.4, -0.2) is 30.5 Å². The van der Waals surface area contributed by atoms with Gasteiger partial charge in [-0.25, -0.2) is 0 Å². The number of carbonyl (C=O) groups is 1. The van der Waals surface area contributed by atoms with Crippen LogP contribution in [0.4, 0.5) is 13.2 Å². The number of carboxylic acids is 1. The highest BCUT2D eigenvalue weighted by Crippen LogP contribution is 2.36. The molecular formula is C12H19F3O3. The minimum absolute atomic E-state index is 0.0124. The molecule has 1 rings (SSSR count). The van der Waals surface area contributed by atoms with Gasteiger partial charge >= 0.3 is 12.1 Å². The van der Waals surface area contributed by atoms with Crippen LogP contribution in [0.25, 0.3) is 0 Å². The minimum atomic E-state index is -4.31. The lowest BCUT2D eigenvalue weighted by atomic mass is 9.78. The molecule has 0 heterocycles. The number of hydrogen-bond acceptors (Lipinski definition) is 2. The predicted octanol–water partition coefficient (Wildman–Crippen LogP) is 3.23. The molecule has 0 aromatic rings. The fourth-order valence-electron chi connectivity index (χ4n) is 2.58. The van der Waals surface area contributed by atoms with Gasteiger partial charge in [0.15, 0.2) is 6.10 Å². The topological polar surface area (TPSA) is 46.5 Å². The molecule has 3 nitrogen and oxygen atoms in total. The van der Waals surface area contributed by atoms with Crippen LogP contribution in [0.3, 0.4) is 0 Å². The molecule has 0 aromatic carbocycles. The van der Waals surface area contributed by atoms with Crippen LogP contribution < -0.4 is 0 Å². The lowest BCUT2D eigenvalue weighted by Crippen LogP contribution is -2.33. The van der Waals surface area contributed by atoms with Crippen LogP contribution in [0.5, 0.6) is 0 Å². The van der Waals surface area contributed by atoms with Crippen molar-refractivity contribution >= 4 is 5.97 Å². The quantitative estimate of drug-likeness (QED) is 0.832. The molecule has 0 aromatic heterocycles. The van der Waals surface area contributed by atoms with E-state index in [1.54, 1.807) is 0 Å². The molecule has 1 unspecified atom stereocenters. The third kappa shape index (κ3) is 4.84. The highest BCUT2D eigenvalue weighted by molar-refractivity contribution is 5.67. The van der Waals surface area contributed by atoms with Gasteiger partial charge in [-0.1, -0.05) is 12.8 Å². The first-order valence-electron chi connectivity index (χ1n) is 6.14. The van der Waals surface area contributed by atoms with Crippen molar-refractivity contribution < 1.29 is 27.8 Å². The van der Waals surface area contributed by atoms with E-state index in [4.69, 9.17) is 5.11 Å². The Bertz CT molecular complexity index is 270.